The molecule has 0 aliphatic rings. The van der Waals surface area contributed by atoms with Crippen molar-refractivity contribution in [1.82, 2.24) is 0 Å². The highest BCUT2D eigenvalue weighted by Gasteiger charge is 2.32. The molecule has 0 aliphatic heterocycles. The van der Waals surface area contributed by atoms with Gasteiger partial charge in [-0.2, -0.15) is 0 Å². The van der Waals surface area contributed by atoms with Gasteiger partial charge in [-0.25, -0.2) is 0 Å². The summed E-state index contributed by atoms with van der Waals surface area (Å²) in [5.41, 5.74) is 0.656. The van der Waals surface area contributed by atoms with E-state index in [0.29, 0.717) is 5.56 Å². The Labute approximate surface area is 89.6 Å². The van der Waals surface area contributed by atoms with Crippen LogP contribution in [-0.4, -0.2) is 13.5 Å². The van der Waals surface area contributed by atoms with Gasteiger partial charge in [0.15, 0.2) is 11.5 Å². The second-order valence-corrected chi connectivity index (χ2v) is 2.93. The Kier molecular flexibility index (Phi) is 3.68. The fourth-order valence-corrected chi connectivity index (χ4v) is 1.17. The summed E-state index contributed by atoms with van der Waals surface area (Å²) in [6, 6.07) is 4.01. The summed E-state index contributed by atoms with van der Waals surface area (Å²) in [5.74, 6) is -0.174. The first-order valence-electron chi connectivity index (χ1n) is 3.95. The van der Waals surface area contributed by atoms with Crippen molar-refractivity contribution in [3.05, 3.63) is 23.8 Å². The van der Waals surface area contributed by atoms with Crippen molar-refractivity contribution in [2.45, 2.75) is 12.2 Å². The van der Waals surface area contributed by atoms with Crippen LogP contribution in [-0.2, 0) is 5.88 Å². The van der Waals surface area contributed by atoms with Gasteiger partial charge >= 0.3 is 6.36 Å². The summed E-state index contributed by atoms with van der Waals surface area (Å²) in [5, 5.41) is 0. The number of alkyl halides is 4. The Morgan fingerprint density at radius 1 is 1.27 bits per heavy atom. The monoisotopic (exact) mass is 240 g/mol. The number of ether oxygens (including phenoxy) is 2. The van der Waals surface area contributed by atoms with Crippen LogP contribution < -0.4 is 9.47 Å². The minimum atomic E-state index is -4.73. The maximum absolute atomic E-state index is 11.9. The van der Waals surface area contributed by atoms with Gasteiger partial charge in [0.25, 0.3) is 0 Å². The minimum Gasteiger partial charge on any atom is -0.493 e. The van der Waals surface area contributed by atoms with Crippen molar-refractivity contribution in [3.63, 3.8) is 0 Å². The standard InChI is InChI=1S/C9H8ClF3O2/c1-14-8-4-6(5-10)2-3-7(8)15-9(11,12)13/h2-4H,5H2,1H3. The third-order valence-electron chi connectivity index (χ3n) is 1.61. The molecule has 84 valence electrons. The van der Waals surface area contributed by atoms with Crippen LogP contribution in [0.5, 0.6) is 11.5 Å². The number of hydrogen-bond donors (Lipinski definition) is 0. The van der Waals surface area contributed by atoms with Crippen molar-refractivity contribution < 1.29 is 22.6 Å². The van der Waals surface area contributed by atoms with Crippen LogP contribution in [0.25, 0.3) is 0 Å². The number of hydrogen-bond acceptors (Lipinski definition) is 2. The summed E-state index contributed by atoms with van der Waals surface area (Å²) in [6.45, 7) is 0. The predicted octanol–water partition coefficient (Wildman–Crippen LogP) is 3.33. The van der Waals surface area contributed by atoms with Crippen molar-refractivity contribution in [1.29, 1.82) is 0 Å². The van der Waals surface area contributed by atoms with E-state index in [0.717, 1.165) is 0 Å². The fourth-order valence-electron chi connectivity index (χ4n) is 1.00. The normalized spacial score (nSPS) is 11.3. The smallest absolute Gasteiger partial charge is 0.493 e. The summed E-state index contributed by atoms with van der Waals surface area (Å²) in [6.07, 6.45) is -4.73. The first-order chi connectivity index (χ1) is 6.96. The van der Waals surface area contributed by atoms with Crippen LogP contribution in [0.3, 0.4) is 0 Å². The molecule has 0 N–H and O–H groups in total. The summed E-state index contributed by atoms with van der Waals surface area (Å²) in [7, 11) is 1.26. The molecule has 15 heavy (non-hydrogen) atoms. The van der Waals surface area contributed by atoms with Gasteiger partial charge in [0, 0.05) is 5.88 Å². The van der Waals surface area contributed by atoms with Gasteiger partial charge in [0.1, 0.15) is 0 Å². The Balaban J connectivity index is 2.97. The first kappa shape index (κ1) is 12.0. The highest BCUT2D eigenvalue weighted by molar-refractivity contribution is 6.17. The molecule has 1 aromatic rings. The molecule has 1 rings (SSSR count). The van der Waals surface area contributed by atoms with Crippen LogP contribution in [0, 0.1) is 0 Å². The number of benzene rings is 1. The van der Waals surface area contributed by atoms with Crippen LogP contribution in [0.4, 0.5) is 13.2 Å². The Morgan fingerprint density at radius 3 is 2.40 bits per heavy atom. The van der Waals surface area contributed by atoms with Gasteiger partial charge in [-0.3, -0.25) is 0 Å². The summed E-state index contributed by atoms with van der Waals surface area (Å²) in [4.78, 5) is 0. The number of rotatable bonds is 3. The van der Waals surface area contributed by atoms with E-state index in [1.54, 1.807) is 0 Å². The zero-order chi connectivity index (χ0) is 11.5. The van der Waals surface area contributed by atoms with Crippen molar-refractivity contribution >= 4 is 11.6 Å². The SMILES string of the molecule is COc1cc(CCl)ccc1OC(F)(F)F. The van der Waals surface area contributed by atoms with Crippen LogP contribution in [0.15, 0.2) is 18.2 Å². The Hall–Kier alpha value is -1.10. The molecule has 0 saturated heterocycles. The lowest BCUT2D eigenvalue weighted by atomic mass is 10.2. The Morgan fingerprint density at radius 2 is 1.93 bits per heavy atom. The molecule has 0 aliphatic carbocycles. The van der Waals surface area contributed by atoms with E-state index in [4.69, 9.17) is 16.3 Å². The van der Waals surface area contributed by atoms with E-state index in [9.17, 15) is 13.2 Å². The van der Waals surface area contributed by atoms with E-state index in [2.05, 4.69) is 4.74 Å². The molecule has 0 spiro atoms. The predicted molar refractivity (Wildman–Crippen MR) is 49.2 cm³/mol. The third kappa shape index (κ3) is 3.51. The molecule has 1 aromatic carbocycles. The molecule has 2 nitrogen and oxygen atoms in total. The molecule has 0 radical (unpaired) electrons. The first-order valence-corrected chi connectivity index (χ1v) is 4.48. The summed E-state index contributed by atoms with van der Waals surface area (Å²) >= 11 is 5.52. The quantitative estimate of drug-likeness (QED) is 0.755. The van der Waals surface area contributed by atoms with Crippen molar-refractivity contribution in [3.8, 4) is 11.5 Å². The van der Waals surface area contributed by atoms with E-state index in [-0.39, 0.29) is 17.4 Å². The zero-order valence-corrected chi connectivity index (χ0v) is 8.52. The fraction of sp³-hybridized carbons (Fsp3) is 0.333. The summed E-state index contributed by atoms with van der Waals surface area (Å²) < 4.78 is 44.3. The number of methoxy groups -OCH3 is 1. The van der Waals surface area contributed by atoms with Gasteiger partial charge in [-0.05, 0) is 17.7 Å². The van der Waals surface area contributed by atoms with E-state index in [1.165, 1.54) is 25.3 Å². The lowest BCUT2D eigenvalue weighted by Gasteiger charge is -2.12. The molecule has 0 unspecified atom stereocenters. The second kappa shape index (κ2) is 4.61. The maximum Gasteiger partial charge on any atom is 0.573 e. The Bertz CT molecular complexity index is 339. The number of halogens is 4. The van der Waals surface area contributed by atoms with E-state index >= 15 is 0 Å². The average Bonchev–Trinajstić information content (AvgIpc) is 2.16. The molecule has 0 bridgehead atoms. The van der Waals surface area contributed by atoms with Gasteiger partial charge in [-0.15, -0.1) is 24.8 Å². The van der Waals surface area contributed by atoms with Crippen LogP contribution in [0.2, 0.25) is 0 Å². The molecule has 6 heteroatoms. The molecule has 0 saturated carbocycles. The molecule has 0 atom stereocenters. The average molecular weight is 241 g/mol. The van der Waals surface area contributed by atoms with Gasteiger partial charge in [0.05, 0.1) is 7.11 Å². The zero-order valence-electron chi connectivity index (χ0n) is 7.77. The largest absolute Gasteiger partial charge is 0.573 e. The van der Waals surface area contributed by atoms with Crippen molar-refractivity contribution in [2.24, 2.45) is 0 Å². The highest BCUT2D eigenvalue weighted by Crippen LogP contribution is 2.32. The van der Waals surface area contributed by atoms with Gasteiger partial charge in [0.2, 0.25) is 0 Å². The van der Waals surface area contributed by atoms with Crippen LogP contribution in [0.1, 0.15) is 5.56 Å². The molecular weight excluding hydrogens is 233 g/mol. The lowest BCUT2D eigenvalue weighted by molar-refractivity contribution is -0.275. The highest BCUT2D eigenvalue weighted by atomic mass is 35.5. The maximum atomic E-state index is 11.9. The third-order valence-corrected chi connectivity index (χ3v) is 1.92. The molecule has 0 amide bonds. The van der Waals surface area contributed by atoms with E-state index in [1.807, 2.05) is 0 Å². The van der Waals surface area contributed by atoms with Gasteiger partial charge in [-0.1, -0.05) is 6.07 Å². The molecule has 0 heterocycles. The van der Waals surface area contributed by atoms with Crippen LogP contribution >= 0.6 is 11.6 Å². The topological polar surface area (TPSA) is 18.5 Å². The minimum absolute atomic E-state index is 0.00507. The van der Waals surface area contributed by atoms with Gasteiger partial charge < -0.3 is 9.47 Å². The molecular formula is C9H8ClF3O2. The molecule has 0 aromatic heterocycles. The molecule has 0 fully saturated rings. The van der Waals surface area contributed by atoms with E-state index < -0.39 is 6.36 Å². The second-order valence-electron chi connectivity index (χ2n) is 2.67. The van der Waals surface area contributed by atoms with Crippen molar-refractivity contribution in [2.75, 3.05) is 7.11 Å². The lowest BCUT2D eigenvalue weighted by Crippen LogP contribution is -2.17.